The van der Waals surface area contributed by atoms with Crippen LogP contribution in [0.4, 0.5) is 11.5 Å². The minimum Gasteiger partial charge on any atom is -0.353 e. The van der Waals surface area contributed by atoms with Crippen LogP contribution in [0, 0.1) is 6.92 Å². The van der Waals surface area contributed by atoms with Gasteiger partial charge in [0.1, 0.15) is 12.1 Å². The highest BCUT2D eigenvalue weighted by atomic mass is 35.5. The van der Waals surface area contributed by atoms with Gasteiger partial charge in [0.2, 0.25) is 5.91 Å². The van der Waals surface area contributed by atoms with E-state index in [1.165, 1.54) is 5.56 Å². The Morgan fingerprint density at radius 3 is 2.57 bits per heavy atom. The molecule has 6 nitrogen and oxygen atoms in total. The number of hydrogen-bond acceptors (Lipinski definition) is 5. The molecule has 0 radical (unpaired) electrons. The summed E-state index contributed by atoms with van der Waals surface area (Å²) in [7, 11) is 0. The standard InChI is InChI=1S/C21H22ClN5O/c1-15-2-7-19-18(12-15)21(24-14-23-19)27-10-8-26(9-11-27)13-20(28)25-17-5-3-16(22)4-6-17/h2-7,12,14H,8-11,13H2,1H3,(H,25,28). The van der Waals surface area contributed by atoms with Crippen LogP contribution in [0.15, 0.2) is 48.8 Å². The third-order valence-corrected chi connectivity index (χ3v) is 5.19. The van der Waals surface area contributed by atoms with Crippen LogP contribution in [0.1, 0.15) is 5.56 Å². The number of fused-ring (bicyclic) bond motifs is 1. The van der Waals surface area contributed by atoms with Gasteiger partial charge < -0.3 is 10.2 Å². The van der Waals surface area contributed by atoms with E-state index in [2.05, 4.69) is 44.1 Å². The quantitative estimate of drug-likeness (QED) is 0.734. The van der Waals surface area contributed by atoms with Crippen LogP contribution in [0.5, 0.6) is 0 Å². The molecular weight excluding hydrogens is 374 g/mol. The van der Waals surface area contributed by atoms with E-state index in [4.69, 9.17) is 11.6 Å². The van der Waals surface area contributed by atoms with Gasteiger partial charge in [0, 0.05) is 42.3 Å². The minimum atomic E-state index is -0.0149. The number of rotatable bonds is 4. The largest absolute Gasteiger partial charge is 0.353 e. The second kappa shape index (κ2) is 8.12. The number of aromatic nitrogens is 2. The van der Waals surface area contributed by atoms with E-state index < -0.39 is 0 Å². The maximum Gasteiger partial charge on any atom is 0.238 e. The highest BCUT2D eigenvalue weighted by molar-refractivity contribution is 6.30. The summed E-state index contributed by atoms with van der Waals surface area (Å²) < 4.78 is 0. The summed E-state index contributed by atoms with van der Waals surface area (Å²) in [5, 5.41) is 4.65. The maximum atomic E-state index is 12.3. The fraction of sp³-hybridized carbons (Fsp3) is 0.286. The lowest BCUT2D eigenvalue weighted by Gasteiger charge is -2.35. The van der Waals surface area contributed by atoms with Gasteiger partial charge >= 0.3 is 0 Å². The molecule has 0 unspecified atom stereocenters. The van der Waals surface area contributed by atoms with Gasteiger partial charge in [-0.3, -0.25) is 9.69 Å². The van der Waals surface area contributed by atoms with Crippen molar-refractivity contribution in [1.29, 1.82) is 0 Å². The number of amides is 1. The first-order chi connectivity index (χ1) is 13.6. The fourth-order valence-electron chi connectivity index (χ4n) is 3.46. The molecule has 144 valence electrons. The van der Waals surface area contributed by atoms with Gasteiger partial charge in [-0.1, -0.05) is 23.2 Å². The van der Waals surface area contributed by atoms with Gasteiger partial charge in [-0.05, 0) is 43.3 Å². The van der Waals surface area contributed by atoms with E-state index in [1.54, 1.807) is 30.6 Å². The average Bonchev–Trinajstić information content (AvgIpc) is 2.70. The Bertz CT molecular complexity index is 984. The summed E-state index contributed by atoms with van der Waals surface area (Å²) in [6, 6.07) is 13.4. The highest BCUT2D eigenvalue weighted by Crippen LogP contribution is 2.24. The van der Waals surface area contributed by atoms with Crippen molar-refractivity contribution in [2.24, 2.45) is 0 Å². The topological polar surface area (TPSA) is 61.4 Å². The average molecular weight is 396 g/mol. The number of hydrogen-bond donors (Lipinski definition) is 1. The molecule has 0 bridgehead atoms. The molecule has 0 spiro atoms. The highest BCUT2D eigenvalue weighted by Gasteiger charge is 2.21. The first-order valence-corrected chi connectivity index (χ1v) is 9.70. The molecule has 3 aromatic rings. The molecule has 1 aliphatic rings. The molecule has 0 aliphatic carbocycles. The van der Waals surface area contributed by atoms with Crippen molar-refractivity contribution in [3.8, 4) is 0 Å². The Morgan fingerprint density at radius 2 is 1.82 bits per heavy atom. The predicted molar refractivity (Wildman–Crippen MR) is 113 cm³/mol. The Morgan fingerprint density at radius 1 is 1.07 bits per heavy atom. The molecule has 1 amide bonds. The van der Waals surface area contributed by atoms with Crippen LogP contribution in [-0.2, 0) is 4.79 Å². The second-order valence-corrected chi connectivity index (χ2v) is 7.47. The van der Waals surface area contributed by atoms with Gasteiger partial charge in [-0.25, -0.2) is 9.97 Å². The summed E-state index contributed by atoms with van der Waals surface area (Å²) >= 11 is 5.88. The summed E-state index contributed by atoms with van der Waals surface area (Å²) in [6.07, 6.45) is 1.62. The van der Waals surface area contributed by atoms with E-state index in [0.717, 1.165) is 48.6 Å². The van der Waals surface area contributed by atoms with E-state index in [9.17, 15) is 4.79 Å². The van der Waals surface area contributed by atoms with Crippen LogP contribution in [0.3, 0.4) is 0 Å². The molecule has 2 heterocycles. The zero-order valence-electron chi connectivity index (χ0n) is 15.7. The summed E-state index contributed by atoms with van der Waals surface area (Å²) in [4.78, 5) is 25.6. The number of carbonyl (C=O) groups excluding carboxylic acids is 1. The first-order valence-electron chi connectivity index (χ1n) is 9.32. The van der Waals surface area contributed by atoms with Crippen LogP contribution in [-0.4, -0.2) is 53.5 Å². The lowest BCUT2D eigenvalue weighted by molar-refractivity contribution is -0.117. The molecule has 1 fully saturated rings. The third kappa shape index (κ3) is 4.24. The Hall–Kier alpha value is -2.70. The molecule has 4 rings (SSSR count). The number of benzene rings is 2. The van der Waals surface area contributed by atoms with Crippen molar-refractivity contribution in [3.63, 3.8) is 0 Å². The second-order valence-electron chi connectivity index (χ2n) is 7.04. The van der Waals surface area contributed by atoms with Crippen molar-refractivity contribution in [2.45, 2.75) is 6.92 Å². The maximum absolute atomic E-state index is 12.3. The molecule has 0 atom stereocenters. The van der Waals surface area contributed by atoms with Crippen molar-refractivity contribution < 1.29 is 4.79 Å². The van der Waals surface area contributed by atoms with Crippen LogP contribution in [0.25, 0.3) is 10.9 Å². The van der Waals surface area contributed by atoms with Crippen molar-refractivity contribution in [2.75, 3.05) is 42.9 Å². The molecule has 7 heteroatoms. The monoisotopic (exact) mass is 395 g/mol. The van der Waals surface area contributed by atoms with Gasteiger partial charge in [0.25, 0.3) is 0 Å². The molecule has 1 saturated heterocycles. The third-order valence-electron chi connectivity index (χ3n) is 4.94. The van der Waals surface area contributed by atoms with Gasteiger partial charge in [-0.2, -0.15) is 0 Å². The Labute approximate surface area is 169 Å². The molecule has 0 saturated carbocycles. The van der Waals surface area contributed by atoms with Gasteiger partial charge in [0.05, 0.1) is 12.1 Å². The van der Waals surface area contributed by atoms with Gasteiger partial charge in [0.15, 0.2) is 0 Å². The molecule has 1 N–H and O–H groups in total. The molecule has 28 heavy (non-hydrogen) atoms. The van der Waals surface area contributed by atoms with E-state index >= 15 is 0 Å². The Kier molecular flexibility index (Phi) is 5.41. The molecule has 2 aromatic carbocycles. The summed E-state index contributed by atoms with van der Waals surface area (Å²) in [5.41, 5.74) is 2.91. The lowest BCUT2D eigenvalue weighted by Crippen LogP contribution is -2.49. The van der Waals surface area contributed by atoms with E-state index in [0.29, 0.717) is 11.6 Å². The minimum absolute atomic E-state index is 0.0149. The van der Waals surface area contributed by atoms with Crippen LogP contribution >= 0.6 is 11.6 Å². The SMILES string of the molecule is Cc1ccc2ncnc(N3CCN(CC(=O)Nc4ccc(Cl)cc4)CC3)c2c1. The number of aryl methyl sites for hydroxylation is 1. The van der Waals surface area contributed by atoms with Crippen LogP contribution < -0.4 is 10.2 Å². The first kappa shape index (κ1) is 18.7. The van der Waals surface area contributed by atoms with E-state index in [1.807, 2.05) is 6.07 Å². The summed E-state index contributed by atoms with van der Waals surface area (Å²) in [5.74, 6) is 0.956. The number of anilines is 2. The van der Waals surface area contributed by atoms with Gasteiger partial charge in [-0.15, -0.1) is 0 Å². The van der Waals surface area contributed by atoms with Crippen molar-refractivity contribution in [3.05, 3.63) is 59.4 Å². The zero-order valence-corrected chi connectivity index (χ0v) is 16.5. The zero-order chi connectivity index (χ0) is 19.5. The summed E-state index contributed by atoms with van der Waals surface area (Å²) in [6.45, 7) is 5.73. The predicted octanol–water partition coefficient (Wildman–Crippen LogP) is 3.35. The molecule has 1 aromatic heterocycles. The van der Waals surface area contributed by atoms with Crippen molar-refractivity contribution in [1.82, 2.24) is 14.9 Å². The van der Waals surface area contributed by atoms with Crippen molar-refractivity contribution >= 4 is 39.9 Å². The number of nitrogens with one attached hydrogen (secondary N) is 1. The Balaban J connectivity index is 1.36. The molecular formula is C21H22ClN5O. The number of piperazine rings is 1. The molecule has 1 aliphatic heterocycles. The van der Waals surface area contributed by atoms with Crippen LogP contribution in [0.2, 0.25) is 5.02 Å². The smallest absolute Gasteiger partial charge is 0.238 e. The number of carbonyl (C=O) groups is 1. The number of nitrogens with zero attached hydrogens (tertiary/aromatic N) is 4. The fourth-order valence-corrected chi connectivity index (χ4v) is 3.59. The van der Waals surface area contributed by atoms with E-state index in [-0.39, 0.29) is 5.91 Å². The lowest BCUT2D eigenvalue weighted by atomic mass is 10.1. The normalized spacial score (nSPS) is 15.0. The number of halogens is 1.